The molecule has 0 atom stereocenters. The van der Waals surface area contributed by atoms with Gasteiger partial charge in [-0.2, -0.15) is 5.26 Å². The van der Waals surface area contributed by atoms with Gasteiger partial charge < -0.3 is 5.73 Å². The van der Waals surface area contributed by atoms with Gasteiger partial charge >= 0.3 is 0 Å². The van der Waals surface area contributed by atoms with Crippen molar-refractivity contribution >= 4 is 21.7 Å². The summed E-state index contributed by atoms with van der Waals surface area (Å²) in [5, 5.41) is 8.72. The molecule has 0 aliphatic heterocycles. The lowest BCUT2D eigenvalue weighted by molar-refractivity contribution is 0.593. The number of anilines is 2. The third kappa shape index (κ3) is 2.53. The Labute approximate surface area is 116 Å². The Bertz CT molecular complexity index is 748. The predicted octanol–water partition coefficient (Wildman–Crippen LogP) is 0.756. The van der Waals surface area contributed by atoms with Crippen molar-refractivity contribution in [3.05, 3.63) is 42.2 Å². The van der Waals surface area contributed by atoms with E-state index in [4.69, 9.17) is 11.0 Å². The van der Waals surface area contributed by atoms with E-state index in [1.54, 1.807) is 24.3 Å². The van der Waals surface area contributed by atoms with Gasteiger partial charge in [-0.1, -0.05) is 0 Å². The van der Waals surface area contributed by atoms with Crippen molar-refractivity contribution in [1.29, 1.82) is 5.26 Å². The van der Waals surface area contributed by atoms with Crippen LogP contribution in [0.25, 0.3) is 0 Å². The molecule has 102 valence electrons. The molecule has 20 heavy (non-hydrogen) atoms. The Morgan fingerprint density at radius 1 is 1.20 bits per heavy atom. The minimum atomic E-state index is -3.76. The third-order valence-electron chi connectivity index (χ3n) is 2.67. The molecule has 1 heterocycles. The number of nitrogens with two attached hydrogens (primary N) is 1. The van der Waals surface area contributed by atoms with Crippen molar-refractivity contribution in [3.8, 4) is 6.07 Å². The standard InChI is InChI=1S/C12H11N5O2S/c1-17(10-4-2-9(6-13)3-5-10)20(18,19)11-7-15-12(14)16-8-11/h2-5,7-8H,1H3,(H2,14,15,16). The molecule has 0 aliphatic rings. The SMILES string of the molecule is CN(c1ccc(C#N)cc1)S(=O)(=O)c1cnc(N)nc1. The van der Waals surface area contributed by atoms with E-state index in [-0.39, 0.29) is 10.8 Å². The van der Waals surface area contributed by atoms with Crippen LogP contribution in [0, 0.1) is 11.3 Å². The number of rotatable bonds is 3. The molecule has 7 nitrogen and oxygen atoms in total. The van der Waals surface area contributed by atoms with E-state index in [0.29, 0.717) is 11.3 Å². The fourth-order valence-corrected chi connectivity index (χ4v) is 2.59. The number of aromatic nitrogens is 2. The van der Waals surface area contributed by atoms with Gasteiger partial charge in [0.25, 0.3) is 10.0 Å². The van der Waals surface area contributed by atoms with Crippen LogP contribution < -0.4 is 10.0 Å². The largest absolute Gasteiger partial charge is 0.368 e. The maximum atomic E-state index is 12.3. The molecule has 0 bridgehead atoms. The molecule has 2 rings (SSSR count). The average Bonchev–Trinajstić information content (AvgIpc) is 2.47. The lowest BCUT2D eigenvalue weighted by atomic mass is 10.2. The number of sulfonamides is 1. The Morgan fingerprint density at radius 3 is 2.25 bits per heavy atom. The van der Waals surface area contributed by atoms with Crippen LogP contribution >= 0.6 is 0 Å². The Balaban J connectivity index is 2.38. The van der Waals surface area contributed by atoms with Gasteiger partial charge in [0.2, 0.25) is 5.95 Å². The molecule has 0 fully saturated rings. The van der Waals surface area contributed by atoms with Gasteiger partial charge in [-0.15, -0.1) is 0 Å². The van der Waals surface area contributed by atoms with Crippen molar-refractivity contribution in [1.82, 2.24) is 9.97 Å². The van der Waals surface area contributed by atoms with Crippen LogP contribution in [0.5, 0.6) is 0 Å². The molecule has 0 saturated heterocycles. The minimum absolute atomic E-state index is 0.00461. The molecular formula is C12H11N5O2S. The van der Waals surface area contributed by atoms with Crippen LogP contribution in [0.3, 0.4) is 0 Å². The number of nitrogen functional groups attached to an aromatic ring is 1. The smallest absolute Gasteiger partial charge is 0.267 e. The summed E-state index contributed by atoms with van der Waals surface area (Å²) in [6.07, 6.45) is 2.30. The fourth-order valence-electron chi connectivity index (χ4n) is 1.50. The predicted molar refractivity (Wildman–Crippen MR) is 73.2 cm³/mol. The van der Waals surface area contributed by atoms with Gasteiger partial charge in [0.1, 0.15) is 4.90 Å². The first-order valence-electron chi connectivity index (χ1n) is 5.52. The molecule has 2 N–H and O–H groups in total. The van der Waals surface area contributed by atoms with Crippen LogP contribution in [0.15, 0.2) is 41.6 Å². The van der Waals surface area contributed by atoms with Crippen molar-refractivity contribution < 1.29 is 8.42 Å². The highest BCUT2D eigenvalue weighted by molar-refractivity contribution is 7.92. The number of hydrogen-bond acceptors (Lipinski definition) is 6. The van der Waals surface area contributed by atoms with Crippen LogP contribution in [0.2, 0.25) is 0 Å². The maximum Gasteiger partial charge on any atom is 0.267 e. The van der Waals surface area contributed by atoms with Gasteiger partial charge in [-0.05, 0) is 24.3 Å². The first-order chi connectivity index (χ1) is 9.45. The summed E-state index contributed by atoms with van der Waals surface area (Å²) in [6.45, 7) is 0. The number of hydrogen-bond donors (Lipinski definition) is 1. The summed E-state index contributed by atoms with van der Waals surface area (Å²) >= 11 is 0. The molecule has 0 aliphatic carbocycles. The van der Waals surface area contributed by atoms with Crippen molar-refractivity contribution in [3.63, 3.8) is 0 Å². The Morgan fingerprint density at radius 2 is 1.75 bits per heavy atom. The third-order valence-corrected chi connectivity index (χ3v) is 4.40. The van der Waals surface area contributed by atoms with Gasteiger partial charge in [0.05, 0.1) is 29.7 Å². The zero-order valence-corrected chi connectivity index (χ0v) is 11.4. The Hall–Kier alpha value is -2.66. The molecule has 0 amide bonds. The van der Waals surface area contributed by atoms with Crippen LogP contribution in [0.4, 0.5) is 11.6 Å². The second-order valence-corrected chi connectivity index (χ2v) is 5.88. The van der Waals surface area contributed by atoms with E-state index in [0.717, 1.165) is 16.7 Å². The summed E-state index contributed by atoms with van der Waals surface area (Å²) in [5.41, 5.74) is 6.21. The zero-order valence-electron chi connectivity index (χ0n) is 10.6. The number of benzene rings is 1. The van der Waals surface area contributed by atoms with E-state index < -0.39 is 10.0 Å². The fraction of sp³-hybridized carbons (Fsp3) is 0.0833. The summed E-state index contributed by atoms with van der Waals surface area (Å²) in [4.78, 5) is 7.28. The molecule has 0 unspecified atom stereocenters. The van der Waals surface area contributed by atoms with Crippen LogP contribution in [-0.2, 0) is 10.0 Å². The van der Waals surface area contributed by atoms with E-state index in [2.05, 4.69) is 9.97 Å². The monoisotopic (exact) mass is 289 g/mol. The van der Waals surface area contributed by atoms with E-state index in [1.165, 1.54) is 7.05 Å². The molecule has 8 heteroatoms. The van der Waals surface area contributed by atoms with Crippen molar-refractivity contribution in [2.24, 2.45) is 0 Å². The van der Waals surface area contributed by atoms with E-state index >= 15 is 0 Å². The van der Waals surface area contributed by atoms with Gasteiger partial charge in [0.15, 0.2) is 0 Å². The molecule has 0 saturated carbocycles. The molecule has 0 spiro atoms. The first-order valence-corrected chi connectivity index (χ1v) is 6.96. The first kappa shape index (κ1) is 13.8. The number of nitrogens with zero attached hydrogens (tertiary/aromatic N) is 4. The highest BCUT2D eigenvalue weighted by Crippen LogP contribution is 2.21. The highest BCUT2D eigenvalue weighted by Gasteiger charge is 2.22. The summed E-state index contributed by atoms with van der Waals surface area (Å²) in [7, 11) is -2.35. The molecule has 1 aromatic heterocycles. The maximum absolute atomic E-state index is 12.3. The quantitative estimate of drug-likeness (QED) is 0.892. The van der Waals surface area contributed by atoms with Gasteiger partial charge in [-0.25, -0.2) is 18.4 Å². The van der Waals surface area contributed by atoms with E-state index in [9.17, 15) is 8.42 Å². The summed E-state index contributed by atoms with van der Waals surface area (Å²) in [6, 6.07) is 8.15. The lowest BCUT2D eigenvalue weighted by Gasteiger charge is -2.19. The summed E-state index contributed by atoms with van der Waals surface area (Å²) in [5.74, 6) is 0.00461. The number of nitriles is 1. The van der Waals surface area contributed by atoms with Crippen molar-refractivity contribution in [2.75, 3.05) is 17.1 Å². The second kappa shape index (κ2) is 5.14. The molecule has 0 radical (unpaired) electrons. The highest BCUT2D eigenvalue weighted by atomic mass is 32.2. The van der Waals surface area contributed by atoms with Gasteiger partial charge in [-0.3, -0.25) is 4.31 Å². The van der Waals surface area contributed by atoms with Gasteiger partial charge in [0, 0.05) is 7.05 Å². The minimum Gasteiger partial charge on any atom is -0.368 e. The zero-order chi connectivity index (χ0) is 14.8. The van der Waals surface area contributed by atoms with E-state index in [1.807, 2.05) is 6.07 Å². The lowest BCUT2D eigenvalue weighted by Crippen LogP contribution is -2.26. The molecule has 1 aromatic carbocycles. The topological polar surface area (TPSA) is 113 Å². The second-order valence-electron chi connectivity index (χ2n) is 3.91. The van der Waals surface area contributed by atoms with Crippen molar-refractivity contribution in [2.45, 2.75) is 4.90 Å². The van der Waals surface area contributed by atoms with Crippen LogP contribution in [-0.4, -0.2) is 25.4 Å². The molecular weight excluding hydrogens is 278 g/mol. The molecule has 2 aromatic rings. The van der Waals surface area contributed by atoms with Crippen LogP contribution in [0.1, 0.15) is 5.56 Å². The average molecular weight is 289 g/mol. The normalized spacial score (nSPS) is 10.8. The summed E-state index contributed by atoms with van der Waals surface area (Å²) < 4.78 is 25.8. The Kier molecular flexibility index (Phi) is 3.54.